The SMILES string of the molecule is COC(=O)Cn1c(=NC(=O)c2cc(Cl)ccc2[N+](=O)[O-])sc2cc(C(C)C)ccc21. The number of halogens is 1. The monoisotopic (exact) mass is 447 g/mol. The third kappa shape index (κ3) is 4.42. The summed E-state index contributed by atoms with van der Waals surface area (Å²) in [7, 11) is 1.27. The molecule has 0 radical (unpaired) electrons. The third-order valence-electron chi connectivity index (χ3n) is 4.47. The maximum absolute atomic E-state index is 12.8. The van der Waals surface area contributed by atoms with Crippen LogP contribution >= 0.6 is 22.9 Å². The van der Waals surface area contributed by atoms with Crippen LogP contribution < -0.4 is 4.80 Å². The van der Waals surface area contributed by atoms with Crippen LogP contribution in [0.1, 0.15) is 35.7 Å². The molecule has 0 saturated heterocycles. The fraction of sp³-hybridized carbons (Fsp3) is 0.250. The normalized spacial score (nSPS) is 11.8. The molecular formula is C20H18ClN3O5S. The number of benzene rings is 2. The molecule has 10 heteroatoms. The van der Waals surface area contributed by atoms with Gasteiger partial charge in [-0.15, -0.1) is 0 Å². The quantitative estimate of drug-likeness (QED) is 0.329. The second-order valence-corrected chi connectivity index (χ2v) is 8.21. The van der Waals surface area contributed by atoms with Crippen molar-refractivity contribution < 1.29 is 19.2 Å². The summed E-state index contributed by atoms with van der Waals surface area (Å²) in [5, 5.41) is 11.5. The second kappa shape index (κ2) is 8.76. The number of aromatic nitrogens is 1. The minimum atomic E-state index is -0.821. The van der Waals surface area contributed by atoms with E-state index < -0.39 is 22.5 Å². The lowest BCUT2D eigenvalue weighted by Crippen LogP contribution is -2.22. The molecule has 0 aliphatic rings. The zero-order valence-electron chi connectivity index (χ0n) is 16.4. The fourth-order valence-electron chi connectivity index (χ4n) is 2.87. The molecule has 1 amide bonds. The molecular weight excluding hydrogens is 430 g/mol. The predicted octanol–water partition coefficient (Wildman–Crippen LogP) is 4.30. The summed E-state index contributed by atoms with van der Waals surface area (Å²) in [5.41, 5.74) is 1.19. The fourth-order valence-corrected chi connectivity index (χ4v) is 4.11. The van der Waals surface area contributed by atoms with Crippen LogP contribution in [-0.2, 0) is 16.1 Å². The van der Waals surface area contributed by atoms with Gasteiger partial charge >= 0.3 is 5.97 Å². The molecule has 3 aromatic rings. The van der Waals surface area contributed by atoms with E-state index in [1.54, 1.807) is 4.57 Å². The number of nitrogens with zero attached hydrogens (tertiary/aromatic N) is 3. The van der Waals surface area contributed by atoms with Gasteiger partial charge in [0.25, 0.3) is 11.6 Å². The van der Waals surface area contributed by atoms with Crippen molar-refractivity contribution in [1.29, 1.82) is 0 Å². The van der Waals surface area contributed by atoms with Crippen LogP contribution in [0, 0.1) is 10.1 Å². The number of carbonyl (C=O) groups excluding carboxylic acids is 2. The van der Waals surface area contributed by atoms with Crippen molar-refractivity contribution in [1.82, 2.24) is 4.57 Å². The first-order valence-corrected chi connectivity index (χ1v) is 10.1. The average molecular weight is 448 g/mol. The maximum atomic E-state index is 12.8. The lowest BCUT2D eigenvalue weighted by atomic mass is 10.0. The Morgan fingerprint density at radius 3 is 2.63 bits per heavy atom. The third-order valence-corrected chi connectivity index (χ3v) is 5.75. The largest absolute Gasteiger partial charge is 0.468 e. The molecule has 0 spiro atoms. The Hall–Kier alpha value is -3.04. The minimum absolute atomic E-state index is 0.152. The van der Waals surface area contributed by atoms with E-state index in [-0.39, 0.29) is 21.9 Å². The number of hydrogen-bond acceptors (Lipinski definition) is 6. The average Bonchev–Trinajstić information content (AvgIpc) is 3.03. The smallest absolute Gasteiger partial charge is 0.325 e. The number of methoxy groups -OCH3 is 1. The van der Waals surface area contributed by atoms with Crippen molar-refractivity contribution in [2.24, 2.45) is 4.99 Å². The topological polar surface area (TPSA) is 104 Å². The lowest BCUT2D eigenvalue weighted by Gasteiger charge is -2.06. The Bertz CT molecular complexity index is 1230. The van der Waals surface area contributed by atoms with E-state index in [1.807, 2.05) is 18.2 Å². The molecule has 0 N–H and O–H groups in total. The first kappa shape index (κ1) is 21.7. The van der Waals surface area contributed by atoms with Crippen LogP contribution in [0.5, 0.6) is 0 Å². The van der Waals surface area contributed by atoms with Crippen LogP contribution in [0.3, 0.4) is 0 Å². The number of amides is 1. The summed E-state index contributed by atoms with van der Waals surface area (Å²) in [6.07, 6.45) is 0. The minimum Gasteiger partial charge on any atom is -0.468 e. The van der Waals surface area contributed by atoms with E-state index in [9.17, 15) is 19.7 Å². The van der Waals surface area contributed by atoms with Crippen LogP contribution in [-0.4, -0.2) is 28.5 Å². The van der Waals surface area contributed by atoms with Crippen molar-refractivity contribution in [3.05, 3.63) is 67.5 Å². The molecule has 0 fully saturated rings. The summed E-state index contributed by atoms with van der Waals surface area (Å²) in [6, 6.07) is 9.48. The number of nitro benzene ring substituents is 1. The van der Waals surface area contributed by atoms with Crippen LogP contribution in [0.4, 0.5) is 5.69 Å². The Morgan fingerprint density at radius 1 is 1.27 bits per heavy atom. The standard InChI is InChI=1S/C20H18ClN3O5S/c1-11(2)12-4-6-16-17(8-12)30-20(23(16)10-18(25)29-3)22-19(26)14-9-13(21)5-7-15(14)24(27)28/h4-9,11H,10H2,1-3H3. The van der Waals surface area contributed by atoms with E-state index in [1.165, 1.54) is 30.6 Å². The van der Waals surface area contributed by atoms with E-state index in [2.05, 4.69) is 18.8 Å². The molecule has 0 aliphatic heterocycles. The molecule has 0 aliphatic carbocycles. The van der Waals surface area contributed by atoms with Gasteiger partial charge in [-0.3, -0.25) is 19.7 Å². The molecule has 0 unspecified atom stereocenters. The highest BCUT2D eigenvalue weighted by Crippen LogP contribution is 2.25. The Balaban J connectivity index is 2.21. The van der Waals surface area contributed by atoms with Gasteiger partial charge in [-0.05, 0) is 35.7 Å². The van der Waals surface area contributed by atoms with Crippen LogP contribution in [0.25, 0.3) is 10.2 Å². The van der Waals surface area contributed by atoms with E-state index in [0.29, 0.717) is 11.4 Å². The zero-order valence-corrected chi connectivity index (χ0v) is 18.0. The molecule has 0 saturated carbocycles. The highest BCUT2D eigenvalue weighted by Gasteiger charge is 2.21. The summed E-state index contributed by atoms with van der Waals surface area (Å²) in [4.78, 5) is 39.7. The molecule has 0 atom stereocenters. The number of esters is 1. The van der Waals surface area contributed by atoms with Crippen molar-refractivity contribution in [3.63, 3.8) is 0 Å². The van der Waals surface area contributed by atoms with Crippen LogP contribution in [0.2, 0.25) is 5.02 Å². The number of thiazole rings is 1. The number of nitro groups is 1. The van der Waals surface area contributed by atoms with Gasteiger partial charge in [-0.2, -0.15) is 4.99 Å². The van der Waals surface area contributed by atoms with Gasteiger partial charge < -0.3 is 9.30 Å². The molecule has 3 rings (SSSR count). The van der Waals surface area contributed by atoms with Crippen molar-refractivity contribution in [2.75, 3.05) is 7.11 Å². The molecule has 0 bridgehead atoms. The molecule has 156 valence electrons. The molecule has 2 aromatic carbocycles. The Labute approximate surface area is 180 Å². The summed E-state index contributed by atoms with van der Waals surface area (Å²) < 4.78 is 7.15. The first-order valence-electron chi connectivity index (χ1n) is 8.94. The number of fused-ring (bicyclic) bond motifs is 1. The molecule has 30 heavy (non-hydrogen) atoms. The Kier molecular flexibility index (Phi) is 6.33. The predicted molar refractivity (Wildman–Crippen MR) is 114 cm³/mol. The van der Waals surface area contributed by atoms with Crippen molar-refractivity contribution in [3.8, 4) is 0 Å². The Morgan fingerprint density at radius 2 is 2.00 bits per heavy atom. The maximum Gasteiger partial charge on any atom is 0.325 e. The summed E-state index contributed by atoms with van der Waals surface area (Å²) in [5.74, 6) is -1.04. The molecule has 1 aromatic heterocycles. The van der Waals surface area contributed by atoms with E-state index >= 15 is 0 Å². The second-order valence-electron chi connectivity index (χ2n) is 6.76. The number of rotatable bonds is 5. The number of hydrogen-bond donors (Lipinski definition) is 0. The molecule has 1 heterocycles. The lowest BCUT2D eigenvalue weighted by molar-refractivity contribution is -0.385. The van der Waals surface area contributed by atoms with Gasteiger partial charge in [0.1, 0.15) is 12.1 Å². The van der Waals surface area contributed by atoms with Gasteiger partial charge in [0.15, 0.2) is 4.80 Å². The number of ether oxygens (including phenoxy) is 1. The zero-order chi connectivity index (χ0) is 22.0. The van der Waals surface area contributed by atoms with Crippen LogP contribution in [0.15, 0.2) is 41.4 Å². The van der Waals surface area contributed by atoms with Gasteiger partial charge in [0, 0.05) is 11.1 Å². The van der Waals surface area contributed by atoms with Crippen molar-refractivity contribution >= 4 is 50.7 Å². The summed E-state index contributed by atoms with van der Waals surface area (Å²) in [6.45, 7) is 3.97. The van der Waals surface area contributed by atoms with Gasteiger partial charge in [0.2, 0.25) is 0 Å². The van der Waals surface area contributed by atoms with E-state index in [0.717, 1.165) is 16.3 Å². The van der Waals surface area contributed by atoms with Gasteiger partial charge in [0.05, 0.1) is 22.2 Å². The first-order chi connectivity index (χ1) is 14.2. The van der Waals surface area contributed by atoms with E-state index in [4.69, 9.17) is 16.3 Å². The van der Waals surface area contributed by atoms with Gasteiger partial charge in [-0.25, -0.2) is 0 Å². The van der Waals surface area contributed by atoms with Crippen molar-refractivity contribution in [2.45, 2.75) is 26.3 Å². The molecule has 8 nitrogen and oxygen atoms in total. The summed E-state index contributed by atoms with van der Waals surface area (Å²) >= 11 is 7.13. The van der Waals surface area contributed by atoms with Gasteiger partial charge in [-0.1, -0.05) is 42.9 Å². The number of carbonyl (C=O) groups is 2. The highest BCUT2D eigenvalue weighted by atomic mass is 35.5. The highest BCUT2D eigenvalue weighted by molar-refractivity contribution is 7.16.